The third-order valence-electron chi connectivity index (χ3n) is 4.17. The van der Waals surface area contributed by atoms with E-state index in [-0.39, 0.29) is 30.6 Å². The third-order valence-corrected chi connectivity index (χ3v) is 4.17. The van der Waals surface area contributed by atoms with E-state index in [1.807, 2.05) is 0 Å². The number of anilines is 1. The van der Waals surface area contributed by atoms with Gasteiger partial charge in [-0.3, -0.25) is 19.7 Å². The Morgan fingerprint density at radius 2 is 1.88 bits per heavy atom. The van der Waals surface area contributed by atoms with Gasteiger partial charge in [-0.15, -0.1) is 0 Å². The Labute approximate surface area is 151 Å². The number of aliphatic carboxylic acids is 1. The smallest absolute Gasteiger partial charge is 0.319 e. The van der Waals surface area contributed by atoms with E-state index in [2.05, 4.69) is 16.0 Å². The Hall–Kier alpha value is -2.90. The summed E-state index contributed by atoms with van der Waals surface area (Å²) >= 11 is 0. The molecule has 1 fully saturated rings. The van der Waals surface area contributed by atoms with Gasteiger partial charge in [0, 0.05) is 24.1 Å². The zero-order chi connectivity index (χ0) is 19.3. The number of carboxylic acid groups (broad SMARTS) is 1. The highest BCUT2D eigenvalue weighted by Gasteiger charge is 2.30. The van der Waals surface area contributed by atoms with Crippen molar-refractivity contribution in [2.45, 2.75) is 45.1 Å². The lowest BCUT2D eigenvalue weighted by molar-refractivity contribution is -0.137. The van der Waals surface area contributed by atoms with Gasteiger partial charge in [0.05, 0.1) is 5.92 Å². The van der Waals surface area contributed by atoms with Crippen molar-refractivity contribution in [3.8, 4) is 0 Å². The number of carboxylic acids is 1. The monoisotopic (exact) mass is 361 g/mol. The highest BCUT2D eigenvalue weighted by atomic mass is 16.4. The number of amides is 4. The van der Waals surface area contributed by atoms with Crippen molar-refractivity contribution < 1.29 is 24.3 Å². The minimum absolute atomic E-state index is 0.0285. The zero-order valence-corrected chi connectivity index (χ0v) is 14.8. The van der Waals surface area contributed by atoms with Gasteiger partial charge in [0.15, 0.2) is 0 Å². The van der Waals surface area contributed by atoms with Gasteiger partial charge in [0.25, 0.3) is 0 Å². The van der Waals surface area contributed by atoms with Gasteiger partial charge in [-0.25, -0.2) is 4.79 Å². The average molecular weight is 361 g/mol. The summed E-state index contributed by atoms with van der Waals surface area (Å²) in [5.74, 6) is -1.76. The molecule has 2 rings (SSSR count). The highest BCUT2D eigenvalue weighted by molar-refractivity contribution is 6.03. The summed E-state index contributed by atoms with van der Waals surface area (Å²) in [4.78, 5) is 45.5. The number of hydrogen-bond acceptors (Lipinski definition) is 4. The number of hydrogen-bond donors (Lipinski definition) is 4. The van der Waals surface area contributed by atoms with Crippen molar-refractivity contribution >= 4 is 29.5 Å². The second kappa shape index (κ2) is 7.99. The zero-order valence-electron chi connectivity index (χ0n) is 14.8. The van der Waals surface area contributed by atoms with E-state index in [1.165, 1.54) is 0 Å². The maximum atomic E-state index is 12.1. The number of imide groups is 1. The standard InChI is InChI=1S/C18H23N3O5/c1-18(2,8-7-15(23)24)21-17(26)19-13-5-3-11(4-6-13)9-12-10-14(22)20-16(12)25/h3-6,12H,7-10H2,1-2H3,(H,23,24)(H2,19,21,26)(H,20,22,25). The van der Waals surface area contributed by atoms with E-state index < -0.39 is 17.5 Å². The fourth-order valence-corrected chi connectivity index (χ4v) is 2.73. The molecule has 1 atom stereocenters. The number of rotatable bonds is 7. The maximum absolute atomic E-state index is 12.1. The van der Waals surface area contributed by atoms with Gasteiger partial charge in [-0.2, -0.15) is 0 Å². The van der Waals surface area contributed by atoms with Gasteiger partial charge < -0.3 is 15.7 Å². The minimum Gasteiger partial charge on any atom is -0.481 e. The SMILES string of the molecule is CC(C)(CCC(=O)O)NC(=O)Nc1ccc(CC2CC(=O)NC2=O)cc1. The summed E-state index contributed by atoms with van der Waals surface area (Å²) in [5, 5.41) is 16.4. The van der Waals surface area contributed by atoms with Crippen LogP contribution in [0.15, 0.2) is 24.3 Å². The molecule has 0 bridgehead atoms. The maximum Gasteiger partial charge on any atom is 0.319 e. The largest absolute Gasteiger partial charge is 0.481 e. The molecule has 1 aliphatic rings. The van der Waals surface area contributed by atoms with E-state index in [4.69, 9.17) is 5.11 Å². The predicted molar refractivity (Wildman–Crippen MR) is 94.5 cm³/mol. The second-order valence-corrected chi connectivity index (χ2v) is 7.07. The summed E-state index contributed by atoms with van der Waals surface area (Å²) in [7, 11) is 0. The Morgan fingerprint density at radius 1 is 1.23 bits per heavy atom. The van der Waals surface area contributed by atoms with Gasteiger partial charge in [0.1, 0.15) is 0 Å². The van der Waals surface area contributed by atoms with Crippen molar-refractivity contribution in [1.29, 1.82) is 0 Å². The molecule has 1 aliphatic heterocycles. The molecule has 140 valence electrons. The van der Waals surface area contributed by atoms with Crippen molar-refractivity contribution in [3.63, 3.8) is 0 Å². The lowest BCUT2D eigenvalue weighted by Gasteiger charge is -2.25. The van der Waals surface area contributed by atoms with Crippen LogP contribution in [0.1, 0.15) is 38.7 Å². The first-order chi connectivity index (χ1) is 12.1. The molecule has 0 aromatic heterocycles. The van der Waals surface area contributed by atoms with E-state index in [9.17, 15) is 19.2 Å². The molecule has 8 heteroatoms. The molecule has 0 spiro atoms. The first-order valence-electron chi connectivity index (χ1n) is 8.38. The third kappa shape index (κ3) is 5.87. The molecular weight excluding hydrogens is 338 g/mol. The van der Waals surface area contributed by atoms with Crippen LogP contribution in [0.25, 0.3) is 0 Å². The van der Waals surface area contributed by atoms with Crippen LogP contribution in [-0.4, -0.2) is 34.5 Å². The number of benzene rings is 1. The molecule has 8 nitrogen and oxygen atoms in total. The Morgan fingerprint density at radius 3 is 2.42 bits per heavy atom. The first-order valence-corrected chi connectivity index (χ1v) is 8.38. The van der Waals surface area contributed by atoms with Crippen LogP contribution in [-0.2, 0) is 20.8 Å². The Bertz CT molecular complexity index is 712. The van der Waals surface area contributed by atoms with Crippen molar-refractivity contribution in [2.24, 2.45) is 5.92 Å². The summed E-state index contributed by atoms with van der Waals surface area (Å²) in [6, 6.07) is 6.60. The molecule has 0 aliphatic carbocycles. The highest BCUT2D eigenvalue weighted by Crippen LogP contribution is 2.19. The lowest BCUT2D eigenvalue weighted by atomic mass is 9.98. The molecule has 1 aromatic carbocycles. The van der Waals surface area contributed by atoms with E-state index >= 15 is 0 Å². The first kappa shape index (κ1) is 19.4. The molecule has 1 heterocycles. The topological polar surface area (TPSA) is 125 Å². The minimum atomic E-state index is -0.909. The summed E-state index contributed by atoms with van der Waals surface area (Å²) in [6.07, 6.45) is 0.953. The molecule has 0 radical (unpaired) electrons. The fourth-order valence-electron chi connectivity index (χ4n) is 2.73. The van der Waals surface area contributed by atoms with Gasteiger partial charge in [-0.05, 0) is 44.4 Å². The number of carbonyl (C=O) groups is 4. The summed E-state index contributed by atoms with van der Waals surface area (Å²) < 4.78 is 0. The molecule has 4 amide bonds. The summed E-state index contributed by atoms with van der Waals surface area (Å²) in [5.41, 5.74) is 0.824. The van der Waals surface area contributed by atoms with Crippen molar-refractivity contribution in [1.82, 2.24) is 10.6 Å². The van der Waals surface area contributed by atoms with E-state index in [1.54, 1.807) is 38.1 Å². The predicted octanol–water partition coefficient (Wildman–Crippen LogP) is 1.66. The Balaban J connectivity index is 1.86. The molecule has 1 saturated heterocycles. The van der Waals surface area contributed by atoms with Crippen molar-refractivity contribution in [2.75, 3.05) is 5.32 Å². The van der Waals surface area contributed by atoms with Crippen LogP contribution in [0.2, 0.25) is 0 Å². The molecular formula is C18H23N3O5. The van der Waals surface area contributed by atoms with Crippen LogP contribution < -0.4 is 16.0 Å². The van der Waals surface area contributed by atoms with Crippen LogP contribution in [0.5, 0.6) is 0 Å². The molecule has 0 saturated carbocycles. The average Bonchev–Trinajstić information content (AvgIpc) is 2.84. The summed E-state index contributed by atoms with van der Waals surface area (Å²) in [6.45, 7) is 3.51. The molecule has 1 aromatic rings. The molecule has 4 N–H and O–H groups in total. The van der Waals surface area contributed by atoms with Crippen LogP contribution >= 0.6 is 0 Å². The number of carbonyl (C=O) groups excluding carboxylic acids is 3. The lowest BCUT2D eigenvalue weighted by Crippen LogP contribution is -2.45. The quantitative estimate of drug-likeness (QED) is 0.550. The van der Waals surface area contributed by atoms with Crippen LogP contribution in [0.3, 0.4) is 0 Å². The van der Waals surface area contributed by atoms with E-state index in [0.717, 1.165) is 5.56 Å². The molecule has 1 unspecified atom stereocenters. The van der Waals surface area contributed by atoms with Crippen LogP contribution in [0.4, 0.5) is 10.5 Å². The normalized spacial score (nSPS) is 16.9. The molecule has 26 heavy (non-hydrogen) atoms. The number of urea groups is 1. The van der Waals surface area contributed by atoms with Gasteiger partial charge in [0.2, 0.25) is 11.8 Å². The fraction of sp³-hybridized carbons (Fsp3) is 0.444. The second-order valence-electron chi connectivity index (χ2n) is 7.07. The van der Waals surface area contributed by atoms with Crippen LogP contribution in [0, 0.1) is 5.92 Å². The van der Waals surface area contributed by atoms with Gasteiger partial charge in [-0.1, -0.05) is 12.1 Å². The van der Waals surface area contributed by atoms with Crippen molar-refractivity contribution in [3.05, 3.63) is 29.8 Å². The van der Waals surface area contributed by atoms with Gasteiger partial charge >= 0.3 is 12.0 Å². The Kier molecular flexibility index (Phi) is 5.97. The van der Waals surface area contributed by atoms with E-state index in [0.29, 0.717) is 18.5 Å². The number of nitrogens with one attached hydrogen (secondary N) is 3.